The van der Waals surface area contributed by atoms with Crippen molar-refractivity contribution in [3.8, 4) is 0 Å². The second kappa shape index (κ2) is 4.72. The summed E-state index contributed by atoms with van der Waals surface area (Å²) in [5.74, 6) is 0.282. The van der Waals surface area contributed by atoms with Crippen LogP contribution in [0, 0.1) is 5.92 Å². The van der Waals surface area contributed by atoms with Crippen molar-refractivity contribution in [2.45, 2.75) is 56.5 Å². The van der Waals surface area contributed by atoms with Crippen molar-refractivity contribution >= 4 is 8.32 Å². The van der Waals surface area contributed by atoms with Crippen LogP contribution in [0.5, 0.6) is 0 Å². The van der Waals surface area contributed by atoms with E-state index in [0.29, 0.717) is 0 Å². The van der Waals surface area contributed by atoms with Crippen molar-refractivity contribution in [2.24, 2.45) is 5.92 Å². The van der Waals surface area contributed by atoms with Crippen molar-refractivity contribution in [3.05, 3.63) is 35.9 Å². The highest BCUT2D eigenvalue weighted by Gasteiger charge is 2.53. The normalized spacial score (nSPS) is 37.6. The lowest BCUT2D eigenvalue weighted by Gasteiger charge is -2.52. The van der Waals surface area contributed by atoms with Gasteiger partial charge in [0, 0.05) is 5.92 Å². The zero-order valence-electron chi connectivity index (χ0n) is 11.9. The minimum atomic E-state index is -1.77. The Morgan fingerprint density at radius 3 is 2.68 bits per heavy atom. The molecule has 0 unspecified atom stereocenters. The van der Waals surface area contributed by atoms with Gasteiger partial charge in [-0.05, 0) is 37.5 Å². The quantitative estimate of drug-likeness (QED) is 0.789. The Hall–Kier alpha value is -0.643. The molecule has 1 aromatic rings. The maximum absolute atomic E-state index is 11.1. The Balaban J connectivity index is 1.97. The lowest BCUT2D eigenvalue weighted by atomic mass is 9.72. The number of rotatable bonds is 1. The highest BCUT2D eigenvalue weighted by molar-refractivity contribution is 6.71. The minimum absolute atomic E-state index is 0.0990. The number of aliphatic hydroxyl groups is 1. The summed E-state index contributed by atoms with van der Waals surface area (Å²) >= 11 is 0. The van der Waals surface area contributed by atoms with Crippen LogP contribution in [0.1, 0.15) is 37.4 Å². The Morgan fingerprint density at radius 2 is 1.95 bits per heavy atom. The first kappa shape index (κ1) is 13.3. The van der Waals surface area contributed by atoms with Crippen LogP contribution in [0.4, 0.5) is 0 Å². The number of hydrogen-bond donors (Lipinski definition) is 1. The van der Waals surface area contributed by atoms with Crippen LogP contribution in [0.25, 0.3) is 0 Å². The highest BCUT2D eigenvalue weighted by Crippen LogP contribution is 2.51. The van der Waals surface area contributed by atoms with Crippen LogP contribution in [-0.2, 0) is 4.43 Å². The highest BCUT2D eigenvalue weighted by atomic mass is 28.4. The van der Waals surface area contributed by atoms with Crippen LogP contribution >= 0.6 is 0 Å². The Bertz CT molecular complexity index is 445. The Morgan fingerprint density at radius 1 is 1.21 bits per heavy atom. The topological polar surface area (TPSA) is 29.5 Å². The van der Waals surface area contributed by atoms with Crippen molar-refractivity contribution in [1.82, 2.24) is 0 Å². The number of benzene rings is 1. The van der Waals surface area contributed by atoms with Gasteiger partial charge in [0.1, 0.15) is 0 Å². The van der Waals surface area contributed by atoms with Crippen molar-refractivity contribution in [2.75, 3.05) is 0 Å². The fraction of sp³-hybridized carbons (Fsp3) is 0.625. The Kier molecular flexibility index (Phi) is 3.32. The lowest BCUT2D eigenvalue weighted by Crippen LogP contribution is -2.56. The predicted octanol–water partition coefficient (Wildman–Crippen LogP) is 3.88. The summed E-state index contributed by atoms with van der Waals surface area (Å²) in [7, 11) is -1.77. The molecule has 3 heteroatoms. The lowest BCUT2D eigenvalue weighted by molar-refractivity contribution is -0.103. The molecule has 0 spiro atoms. The maximum Gasteiger partial charge on any atom is 0.190 e. The molecule has 1 aliphatic heterocycles. The van der Waals surface area contributed by atoms with Gasteiger partial charge in [-0.3, -0.25) is 0 Å². The van der Waals surface area contributed by atoms with Crippen molar-refractivity contribution in [1.29, 1.82) is 0 Å². The average Bonchev–Trinajstić information content (AvgIpc) is 2.36. The largest absolute Gasteiger partial charge is 0.410 e. The SMILES string of the molecule is C[Si]1(C)C[C@]2(O)CCCC[C@H]2[C@H](c2ccccc2)O1. The average molecular weight is 276 g/mol. The van der Waals surface area contributed by atoms with E-state index in [2.05, 4.69) is 37.4 Å². The summed E-state index contributed by atoms with van der Waals surface area (Å²) in [5.41, 5.74) is 0.764. The second-order valence-corrected chi connectivity index (χ2v) is 11.0. The van der Waals surface area contributed by atoms with Crippen LogP contribution in [0.15, 0.2) is 30.3 Å². The van der Waals surface area contributed by atoms with Crippen molar-refractivity contribution < 1.29 is 9.53 Å². The van der Waals surface area contributed by atoms with Crippen LogP contribution in [-0.4, -0.2) is 19.0 Å². The van der Waals surface area contributed by atoms with Crippen LogP contribution in [0.3, 0.4) is 0 Å². The molecule has 0 radical (unpaired) electrons. The third kappa shape index (κ3) is 2.51. The Labute approximate surface area is 116 Å². The molecule has 2 nitrogen and oxygen atoms in total. The number of fused-ring (bicyclic) bond motifs is 1. The smallest absolute Gasteiger partial charge is 0.190 e. The van der Waals surface area contributed by atoms with E-state index in [1.807, 2.05) is 6.07 Å². The predicted molar refractivity (Wildman–Crippen MR) is 79.5 cm³/mol. The zero-order chi connectivity index (χ0) is 13.5. The van der Waals surface area contributed by atoms with E-state index in [-0.39, 0.29) is 12.0 Å². The molecule has 0 bridgehead atoms. The molecule has 104 valence electrons. The molecule has 1 aliphatic carbocycles. The first-order chi connectivity index (χ1) is 9.00. The van der Waals surface area contributed by atoms with E-state index in [0.717, 1.165) is 18.9 Å². The van der Waals surface area contributed by atoms with Gasteiger partial charge in [-0.25, -0.2) is 0 Å². The molecule has 3 rings (SSSR count). The van der Waals surface area contributed by atoms with E-state index in [1.54, 1.807) is 0 Å². The molecular weight excluding hydrogens is 252 g/mol. The summed E-state index contributed by atoms with van der Waals surface area (Å²) < 4.78 is 6.47. The van der Waals surface area contributed by atoms with Gasteiger partial charge in [-0.15, -0.1) is 0 Å². The molecule has 3 atom stereocenters. The molecule has 1 saturated heterocycles. The van der Waals surface area contributed by atoms with E-state index in [1.165, 1.54) is 18.4 Å². The molecule has 1 aromatic carbocycles. The van der Waals surface area contributed by atoms with Crippen LogP contribution in [0.2, 0.25) is 19.1 Å². The van der Waals surface area contributed by atoms with E-state index >= 15 is 0 Å². The first-order valence-corrected chi connectivity index (χ1v) is 10.6. The fourth-order valence-corrected chi connectivity index (χ4v) is 7.03. The first-order valence-electron chi connectivity index (χ1n) is 7.45. The van der Waals surface area contributed by atoms with Crippen molar-refractivity contribution in [3.63, 3.8) is 0 Å². The van der Waals surface area contributed by atoms with E-state index < -0.39 is 13.9 Å². The molecule has 1 heterocycles. The standard InChI is InChI=1S/C16H24O2Si/c1-19(2)12-16(17)11-7-6-10-14(16)15(18-19)13-8-4-3-5-9-13/h3-5,8-9,14-15,17H,6-7,10-12H2,1-2H3/t14-,15-,16+/m0/s1. The van der Waals surface area contributed by atoms with Crippen LogP contribution < -0.4 is 0 Å². The molecule has 2 aliphatic rings. The van der Waals surface area contributed by atoms with Gasteiger partial charge in [-0.1, -0.05) is 43.2 Å². The maximum atomic E-state index is 11.1. The molecular formula is C16H24O2Si. The number of hydrogen-bond acceptors (Lipinski definition) is 2. The third-order valence-electron chi connectivity index (χ3n) is 4.74. The van der Waals surface area contributed by atoms with Gasteiger partial charge >= 0.3 is 0 Å². The van der Waals surface area contributed by atoms with Gasteiger partial charge in [0.25, 0.3) is 0 Å². The van der Waals surface area contributed by atoms with Gasteiger partial charge in [0.05, 0.1) is 11.7 Å². The zero-order valence-corrected chi connectivity index (χ0v) is 12.9. The molecule has 0 amide bonds. The molecule has 19 heavy (non-hydrogen) atoms. The monoisotopic (exact) mass is 276 g/mol. The van der Waals surface area contributed by atoms with Gasteiger partial charge in [0.2, 0.25) is 0 Å². The van der Waals surface area contributed by atoms with Gasteiger partial charge in [0.15, 0.2) is 8.32 Å². The van der Waals surface area contributed by atoms with Gasteiger partial charge in [-0.2, -0.15) is 0 Å². The van der Waals surface area contributed by atoms with E-state index in [4.69, 9.17) is 4.43 Å². The molecule has 0 aromatic heterocycles. The minimum Gasteiger partial charge on any atom is -0.410 e. The fourth-order valence-electron chi connectivity index (χ4n) is 4.05. The summed E-state index contributed by atoms with van der Waals surface area (Å²) in [6.07, 6.45) is 4.55. The molecule has 1 N–H and O–H groups in total. The summed E-state index contributed by atoms with van der Waals surface area (Å²) in [6.45, 7) is 4.48. The summed E-state index contributed by atoms with van der Waals surface area (Å²) in [4.78, 5) is 0. The summed E-state index contributed by atoms with van der Waals surface area (Å²) in [5, 5.41) is 11.1. The third-order valence-corrected chi connectivity index (χ3v) is 7.09. The summed E-state index contributed by atoms with van der Waals surface area (Å²) in [6, 6.07) is 11.4. The van der Waals surface area contributed by atoms with Gasteiger partial charge < -0.3 is 9.53 Å². The second-order valence-electron chi connectivity index (χ2n) is 6.84. The van der Waals surface area contributed by atoms with E-state index in [9.17, 15) is 5.11 Å². The molecule has 2 fully saturated rings. The molecule has 1 saturated carbocycles.